The molecule has 0 heterocycles. The second-order valence-electron chi connectivity index (χ2n) is 4.36. The van der Waals surface area contributed by atoms with Gasteiger partial charge in [-0.3, -0.25) is 10.1 Å². The quantitative estimate of drug-likeness (QED) is 0.271. The number of nitro groups is 1. The van der Waals surface area contributed by atoms with Crippen molar-refractivity contribution in [3.63, 3.8) is 0 Å². The molecule has 0 radical (unpaired) electrons. The molecule has 0 aliphatic rings. The van der Waals surface area contributed by atoms with Crippen LogP contribution < -0.4 is 5.32 Å². The van der Waals surface area contributed by atoms with E-state index in [4.69, 9.17) is 9.47 Å². The summed E-state index contributed by atoms with van der Waals surface area (Å²) >= 11 is 0. The fourth-order valence-electron chi connectivity index (χ4n) is 1.46. The summed E-state index contributed by atoms with van der Waals surface area (Å²) in [5.74, 6) is 0.128. The van der Waals surface area contributed by atoms with Crippen LogP contribution in [0.2, 0.25) is 0 Å². The van der Waals surface area contributed by atoms with Gasteiger partial charge in [-0.25, -0.2) is 4.79 Å². The van der Waals surface area contributed by atoms with Crippen LogP contribution in [0.25, 0.3) is 0 Å². The zero-order chi connectivity index (χ0) is 17.2. The van der Waals surface area contributed by atoms with E-state index in [9.17, 15) is 14.9 Å². The summed E-state index contributed by atoms with van der Waals surface area (Å²) < 4.78 is 9.91. The summed E-state index contributed by atoms with van der Waals surface area (Å²) in [6.07, 6.45) is 2.99. The molecule has 0 unspecified atom stereocenters. The standard InChI is InChI=1S/C16H18N2O5/c1-4-15(10-5-12(2)18(20)21)23-16(19)22-11-13-6-8-14(17-3)9-7-13/h4-10,17H,2,11H2,1,3H3/b10-5-,15-4+. The number of ether oxygens (including phenoxy) is 2. The van der Waals surface area contributed by atoms with Crippen LogP contribution in [0.1, 0.15) is 12.5 Å². The molecule has 0 bridgehead atoms. The Kier molecular flexibility index (Phi) is 7.06. The molecular weight excluding hydrogens is 300 g/mol. The van der Waals surface area contributed by atoms with Crippen molar-refractivity contribution in [2.75, 3.05) is 12.4 Å². The van der Waals surface area contributed by atoms with Crippen molar-refractivity contribution in [1.29, 1.82) is 0 Å². The first kappa shape index (κ1) is 18.0. The average Bonchev–Trinajstić information content (AvgIpc) is 2.56. The first-order valence-electron chi connectivity index (χ1n) is 6.75. The number of rotatable bonds is 7. The number of allylic oxidation sites excluding steroid dienone is 3. The Hall–Kier alpha value is -3.09. The summed E-state index contributed by atoms with van der Waals surface area (Å²) in [5.41, 5.74) is 1.44. The van der Waals surface area contributed by atoms with Gasteiger partial charge in [-0.2, -0.15) is 0 Å². The number of hydrogen-bond donors (Lipinski definition) is 1. The largest absolute Gasteiger partial charge is 0.514 e. The van der Waals surface area contributed by atoms with Crippen molar-refractivity contribution in [1.82, 2.24) is 0 Å². The second kappa shape index (κ2) is 9.04. The molecule has 1 aromatic carbocycles. The molecule has 1 aromatic rings. The third-order valence-electron chi connectivity index (χ3n) is 2.76. The number of nitrogens with zero attached hydrogens (tertiary/aromatic N) is 1. The summed E-state index contributed by atoms with van der Waals surface area (Å²) in [6, 6.07) is 7.34. The summed E-state index contributed by atoms with van der Waals surface area (Å²) in [7, 11) is 1.81. The van der Waals surface area contributed by atoms with Crippen LogP contribution in [-0.2, 0) is 16.1 Å². The van der Waals surface area contributed by atoms with E-state index < -0.39 is 11.1 Å². The third kappa shape index (κ3) is 6.47. The van der Waals surface area contributed by atoms with Crippen LogP contribution in [0, 0.1) is 10.1 Å². The third-order valence-corrected chi connectivity index (χ3v) is 2.76. The van der Waals surface area contributed by atoms with Crippen molar-refractivity contribution in [2.24, 2.45) is 0 Å². The van der Waals surface area contributed by atoms with Crippen molar-refractivity contribution in [3.8, 4) is 0 Å². The van der Waals surface area contributed by atoms with Crippen LogP contribution in [0.15, 0.2) is 60.5 Å². The molecule has 0 amide bonds. The Morgan fingerprint density at radius 1 is 1.35 bits per heavy atom. The van der Waals surface area contributed by atoms with E-state index in [1.165, 1.54) is 12.2 Å². The van der Waals surface area contributed by atoms with Crippen LogP contribution in [0.5, 0.6) is 0 Å². The first-order valence-corrected chi connectivity index (χ1v) is 6.75. The average molecular weight is 318 g/mol. The summed E-state index contributed by atoms with van der Waals surface area (Å²) in [4.78, 5) is 21.4. The molecule has 0 atom stereocenters. The van der Waals surface area contributed by atoms with Gasteiger partial charge in [0.25, 0.3) is 5.70 Å². The van der Waals surface area contributed by atoms with Gasteiger partial charge < -0.3 is 14.8 Å². The van der Waals surface area contributed by atoms with Gasteiger partial charge in [-0.05, 0) is 43.4 Å². The predicted octanol–water partition coefficient (Wildman–Crippen LogP) is 3.63. The van der Waals surface area contributed by atoms with Crippen LogP contribution in [0.4, 0.5) is 10.5 Å². The minimum absolute atomic E-state index is 0.0607. The Labute approximate surface area is 134 Å². The zero-order valence-corrected chi connectivity index (χ0v) is 12.9. The molecule has 0 aliphatic heterocycles. The number of hydrogen-bond acceptors (Lipinski definition) is 6. The molecule has 1 N–H and O–H groups in total. The predicted molar refractivity (Wildman–Crippen MR) is 86.3 cm³/mol. The van der Waals surface area contributed by atoms with Gasteiger partial charge >= 0.3 is 6.16 Å². The number of benzene rings is 1. The number of anilines is 1. The van der Waals surface area contributed by atoms with E-state index in [1.807, 2.05) is 31.3 Å². The van der Waals surface area contributed by atoms with E-state index in [2.05, 4.69) is 11.9 Å². The van der Waals surface area contributed by atoms with Gasteiger partial charge in [0, 0.05) is 18.8 Å². The molecule has 1 rings (SSSR count). The van der Waals surface area contributed by atoms with E-state index in [0.29, 0.717) is 0 Å². The first-order chi connectivity index (χ1) is 11.0. The molecule has 23 heavy (non-hydrogen) atoms. The van der Waals surface area contributed by atoms with Crippen LogP contribution in [-0.4, -0.2) is 18.1 Å². The van der Waals surface area contributed by atoms with Crippen molar-refractivity contribution < 1.29 is 19.2 Å². The normalized spacial score (nSPS) is 11.1. The maximum Gasteiger partial charge on any atom is 0.514 e. The molecule has 7 nitrogen and oxygen atoms in total. The molecule has 0 spiro atoms. The fraction of sp³-hybridized carbons (Fsp3) is 0.188. The molecular formula is C16H18N2O5. The lowest BCUT2D eigenvalue weighted by Gasteiger charge is -2.07. The highest BCUT2D eigenvalue weighted by Crippen LogP contribution is 2.11. The molecule has 7 heteroatoms. The Morgan fingerprint density at radius 2 is 2.00 bits per heavy atom. The Morgan fingerprint density at radius 3 is 2.52 bits per heavy atom. The maximum atomic E-state index is 11.6. The van der Waals surface area contributed by atoms with Crippen molar-refractivity contribution in [2.45, 2.75) is 13.5 Å². The second-order valence-corrected chi connectivity index (χ2v) is 4.36. The minimum Gasteiger partial charge on any atom is -0.429 e. The van der Waals surface area contributed by atoms with E-state index in [1.54, 1.807) is 6.92 Å². The van der Waals surface area contributed by atoms with E-state index >= 15 is 0 Å². The van der Waals surface area contributed by atoms with Gasteiger partial charge in [-0.1, -0.05) is 12.1 Å². The van der Waals surface area contributed by atoms with Crippen LogP contribution >= 0.6 is 0 Å². The lowest BCUT2D eigenvalue weighted by molar-refractivity contribution is -0.418. The SMILES string of the molecule is C=C(/C=C\C(=C/C)OC(=O)OCc1ccc(NC)cc1)[N+](=O)[O-]. The van der Waals surface area contributed by atoms with Gasteiger partial charge in [0.1, 0.15) is 12.4 Å². The van der Waals surface area contributed by atoms with Crippen molar-refractivity contribution in [3.05, 3.63) is 76.2 Å². The molecule has 0 aromatic heterocycles. The highest BCUT2D eigenvalue weighted by atomic mass is 16.7. The van der Waals surface area contributed by atoms with Crippen LogP contribution in [0.3, 0.4) is 0 Å². The van der Waals surface area contributed by atoms with Crippen molar-refractivity contribution >= 4 is 11.8 Å². The summed E-state index contributed by atoms with van der Waals surface area (Å²) in [5, 5.41) is 13.4. The lowest BCUT2D eigenvalue weighted by Crippen LogP contribution is -2.06. The molecule has 0 fully saturated rings. The maximum absolute atomic E-state index is 11.6. The molecule has 122 valence electrons. The minimum atomic E-state index is -0.896. The molecule has 0 saturated carbocycles. The fourth-order valence-corrected chi connectivity index (χ4v) is 1.46. The van der Waals surface area contributed by atoms with Gasteiger partial charge in [0.05, 0.1) is 4.92 Å². The smallest absolute Gasteiger partial charge is 0.429 e. The Bertz CT molecular complexity index is 632. The summed E-state index contributed by atoms with van der Waals surface area (Å²) in [6.45, 7) is 4.92. The lowest BCUT2D eigenvalue weighted by atomic mass is 10.2. The highest BCUT2D eigenvalue weighted by Gasteiger charge is 2.08. The van der Waals surface area contributed by atoms with Gasteiger partial charge in [0.2, 0.25) is 0 Å². The number of carbonyl (C=O) groups is 1. The number of carbonyl (C=O) groups excluding carboxylic acids is 1. The van der Waals surface area contributed by atoms with Gasteiger partial charge in [-0.15, -0.1) is 0 Å². The topological polar surface area (TPSA) is 90.7 Å². The monoisotopic (exact) mass is 318 g/mol. The van der Waals surface area contributed by atoms with E-state index in [-0.39, 0.29) is 18.1 Å². The molecule has 0 saturated heterocycles. The Balaban J connectivity index is 2.50. The molecule has 0 aliphatic carbocycles. The zero-order valence-electron chi connectivity index (χ0n) is 12.9. The number of nitrogens with one attached hydrogen (secondary N) is 1. The highest BCUT2D eigenvalue weighted by molar-refractivity contribution is 5.62. The van der Waals surface area contributed by atoms with E-state index in [0.717, 1.165) is 17.3 Å². The van der Waals surface area contributed by atoms with Gasteiger partial charge in [0.15, 0.2) is 0 Å².